The molecule has 2 nitrogen and oxygen atoms in total. The summed E-state index contributed by atoms with van der Waals surface area (Å²) in [6.45, 7) is 0. The number of benzene rings is 1. The summed E-state index contributed by atoms with van der Waals surface area (Å²) in [4.78, 5) is 22.1. The van der Waals surface area contributed by atoms with E-state index in [4.69, 9.17) is 0 Å². The first-order valence-electron chi connectivity index (χ1n) is 4.48. The number of hydrogen-bond acceptors (Lipinski definition) is 2. The van der Waals surface area contributed by atoms with Gasteiger partial charge in [0.25, 0.3) is 0 Å². The second kappa shape index (κ2) is 3.65. The zero-order valence-electron chi connectivity index (χ0n) is 7.50. The van der Waals surface area contributed by atoms with Crippen LogP contribution in [0.15, 0.2) is 22.7 Å². The van der Waals surface area contributed by atoms with Crippen molar-refractivity contribution < 1.29 is 9.59 Å². The summed E-state index contributed by atoms with van der Waals surface area (Å²) in [6, 6.07) is 5.71. The highest BCUT2D eigenvalue weighted by molar-refractivity contribution is 9.10. The smallest absolute Gasteiger partial charge is 0.167 e. The van der Waals surface area contributed by atoms with Gasteiger partial charge in [-0.2, -0.15) is 0 Å². The number of carbonyl (C=O) groups is 2. The molecule has 72 valence electrons. The van der Waals surface area contributed by atoms with Gasteiger partial charge in [0.1, 0.15) is 6.29 Å². The zero-order valence-corrected chi connectivity index (χ0v) is 9.08. The minimum Gasteiger partial charge on any atom is -0.303 e. The normalized spacial score (nSPS) is 19.5. The van der Waals surface area contributed by atoms with Crippen LogP contribution in [0.5, 0.6) is 0 Å². The molecule has 0 radical (unpaired) electrons. The molecule has 0 N–H and O–H groups in total. The predicted octanol–water partition coefficient (Wildman–Crippen LogP) is 2.39. The molecule has 0 heterocycles. The molecule has 0 fully saturated rings. The van der Waals surface area contributed by atoms with Crippen LogP contribution >= 0.6 is 15.9 Å². The number of rotatable bonds is 2. The molecule has 0 spiro atoms. The van der Waals surface area contributed by atoms with Gasteiger partial charge in [0, 0.05) is 22.4 Å². The Labute approximate surface area is 90.4 Å². The number of carbonyl (C=O) groups excluding carboxylic acids is 2. The van der Waals surface area contributed by atoms with E-state index in [9.17, 15) is 9.59 Å². The number of fused-ring (bicyclic) bond motifs is 1. The number of halogens is 1. The van der Waals surface area contributed by atoms with Crippen molar-refractivity contribution in [2.24, 2.45) is 5.92 Å². The molecule has 1 atom stereocenters. The molecule has 1 aliphatic carbocycles. The maximum absolute atomic E-state index is 11.8. The third kappa shape index (κ3) is 1.52. The van der Waals surface area contributed by atoms with Crippen LogP contribution in [0, 0.1) is 5.92 Å². The minimum atomic E-state index is -0.128. The second-order valence-corrected chi connectivity index (χ2v) is 4.38. The van der Waals surface area contributed by atoms with E-state index in [2.05, 4.69) is 15.9 Å². The Morgan fingerprint density at radius 2 is 2.29 bits per heavy atom. The number of aldehydes is 1. The van der Waals surface area contributed by atoms with Crippen LogP contribution in [0.25, 0.3) is 0 Å². The van der Waals surface area contributed by atoms with Crippen molar-refractivity contribution in [2.45, 2.75) is 12.8 Å². The summed E-state index contributed by atoms with van der Waals surface area (Å²) < 4.78 is 0.913. The molecule has 0 saturated heterocycles. The Kier molecular flexibility index (Phi) is 2.50. The molecular formula is C11H9BrO2. The van der Waals surface area contributed by atoms with Crippen LogP contribution < -0.4 is 0 Å². The fraction of sp³-hybridized carbons (Fsp3) is 0.273. The second-order valence-electron chi connectivity index (χ2n) is 3.47. The maximum atomic E-state index is 11.8. The number of hydrogen-bond donors (Lipinski definition) is 0. The van der Waals surface area contributed by atoms with E-state index in [0.29, 0.717) is 12.8 Å². The van der Waals surface area contributed by atoms with E-state index in [1.807, 2.05) is 18.2 Å². The molecule has 2 rings (SSSR count). The molecule has 1 aromatic rings. The van der Waals surface area contributed by atoms with E-state index in [-0.39, 0.29) is 11.7 Å². The largest absolute Gasteiger partial charge is 0.303 e. The number of ketones is 1. The third-order valence-electron chi connectivity index (χ3n) is 2.56. The van der Waals surface area contributed by atoms with Crippen LogP contribution in [0.1, 0.15) is 22.3 Å². The molecule has 14 heavy (non-hydrogen) atoms. The van der Waals surface area contributed by atoms with Crippen molar-refractivity contribution in [3.63, 3.8) is 0 Å². The van der Waals surface area contributed by atoms with E-state index >= 15 is 0 Å². The standard InChI is InChI=1S/C11H9BrO2/c12-9-2-1-7-5-8(3-4-13)11(14)10(7)6-9/h1-2,4,6,8H,3,5H2. The fourth-order valence-electron chi connectivity index (χ4n) is 1.84. The summed E-state index contributed by atoms with van der Waals surface area (Å²) in [5, 5.41) is 0. The zero-order chi connectivity index (χ0) is 10.1. The van der Waals surface area contributed by atoms with Gasteiger partial charge in [0.05, 0.1) is 0 Å². The van der Waals surface area contributed by atoms with Gasteiger partial charge in [0.2, 0.25) is 0 Å². The Morgan fingerprint density at radius 1 is 1.50 bits per heavy atom. The van der Waals surface area contributed by atoms with E-state index in [0.717, 1.165) is 21.9 Å². The van der Waals surface area contributed by atoms with Crippen LogP contribution in [0.3, 0.4) is 0 Å². The van der Waals surface area contributed by atoms with Crippen molar-refractivity contribution >= 4 is 28.0 Å². The highest BCUT2D eigenvalue weighted by Crippen LogP contribution is 2.30. The van der Waals surface area contributed by atoms with E-state index in [1.54, 1.807) is 0 Å². The van der Waals surface area contributed by atoms with Crippen LogP contribution in [0.4, 0.5) is 0 Å². The summed E-state index contributed by atoms with van der Waals surface area (Å²) >= 11 is 3.33. The first-order chi connectivity index (χ1) is 6.72. The van der Waals surface area contributed by atoms with Gasteiger partial charge in [-0.1, -0.05) is 22.0 Å². The Morgan fingerprint density at radius 3 is 3.00 bits per heavy atom. The topological polar surface area (TPSA) is 34.1 Å². The maximum Gasteiger partial charge on any atom is 0.167 e. The molecule has 0 bridgehead atoms. The van der Waals surface area contributed by atoms with Gasteiger partial charge >= 0.3 is 0 Å². The summed E-state index contributed by atoms with van der Waals surface area (Å²) in [5.41, 5.74) is 1.83. The van der Waals surface area contributed by atoms with Gasteiger partial charge in [0.15, 0.2) is 5.78 Å². The van der Waals surface area contributed by atoms with Crippen molar-refractivity contribution in [1.29, 1.82) is 0 Å². The predicted molar refractivity (Wildman–Crippen MR) is 56.3 cm³/mol. The average Bonchev–Trinajstić information content (AvgIpc) is 2.46. The molecule has 0 aliphatic heterocycles. The molecule has 1 aliphatic rings. The first kappa shape index (κ1) is 9.59. The van der Waals surface area contributed by atoms with Crippen molar-refractivity contribution in [3.05, 3.63) is 33.8 Å². The SMILES string of the molecule is O=CCC1Cc2ccc(Br)cc2C1=O. The summed E-state index contributed by atoms with van der Waals surface area (Å²) in [6.07, 6.45) is 1.87. The summed E-state index contributed by atoms with van der Waals surface area (Å²) in [7, 11) is 0. The van der Waals surface area contributed by atoms with Crippen molar-refractivity contribution in [3.8, 4) is 0 Å². The lowest BCUT2D eigenvalue weighted by Gasteiger charge is -1.99. The van der Waals surface area contributed by atoms with Gasteiger partial charge in [-0.05, 0) is 24.1 Å². The lowest BCUT2D eigenvalue weighted by atomic mass is 10.0. The molecule has 1 unspecified atom stereocenters. The van der Waals surface area contributed by atoms with Crippen LogP contribution in [-0.2, 0) is 11.2 Å². The lowest BCUT2D eigenvalue weighted by molar-refractivity contribution is -0.108. The van der Waals surface area contributed by atoms with Crippen molar-refractivity contribution in [2.75, 3.05) is 0 Å². The van der Waals surface area contributed by atoms with Gasteiger partial charge in [-0.3, -0.25) is 4.79 Å². The fourth-order valence-corrected chi connectivity index (χ4v) is 2.20. The van der Waals surface area contributed by atoms with Crippen LogP contribution in [-0.4, -0.2) is 12.1 Å². The molecule has 1 aromatic carbocycles. The lowest BCUT2D eigenvalue weighted by Crippen LogP contribution is -2.08. The van der Waals surface area contributed by atoms with Gasteiger partial charge < -0.3 is 4.79 Å². The molecular weight excluding hydrogens is 244 g/mol. The Balaban J connectivity index is 2.36. The van der Waals surface area contributed by atoms with E-state index in [1.165, 1.54) is 0 Å². The van der Waals surface area contributed by atoms with Crippen molar-refractivity contribution in [1.82, 2.24) is 0 Å². The monoisotopic (exact) mass is 252 g/mol. The average molecular weight is 253 g/mol. The number of Topliss-reactive ketones (excluding diaryl/α,β-unsaturated/α-hetero) is 1. The summed E-state index contributed by atoms with van der Waals surface area (Å²) in [5.74, 6) is -0.0230. The third-order valence-corrected chi connectivity index (χ3v) is 3.05. The van der Waals surface area contributed by atoms with Crippen LogP contribution in [0.2, 0.25) is 0 Å². The quantitative estimate of drug-likeness (QED) is 0.758. The molecule has 0 saturated carbocycles. The Bertz CT molecular complexity index is 398. The minimum absolute atomic E-state index is 0.105. The molecule has 0 aromatic heterocycles. The Hall–Kier alpha value is -0.960. The molecule has 0 amide bonds. The van der Waals surface area contributed by atoms with Gasteiger partial charge in [-0.25, -0.2) is 0 Å². The highest BCUT2D eigenvalue weighted by Gasteiger charge is 2.29. The highest BCUT2D eigenvalue weighted by atomic mass is 79.9. The van der Waals surface area contributed by atoms with E-state index < -0.39 is 0 Å². The van der Waals surface area contributed by atoms with Gasteiger partial charge in [-0.15, -0.1) is 0 Å². The first-order valence-corrected chi connectivity index (χ1v) is 5.28. The molecule has 3 heteroatoms.